The molecule has 0 spiro atoms. The van der Waals surface area contributed by atoms with Crippen molar-refractivity contribution < 1.29 is 14.1 Å². The third kappa shape index (κ3) is 4.54. The summed E-state index contributed by atoms with van der Waals surface area (Å²) in [6.07, 6.45) is 0. The van der Waals surface area contributed by atoms with Gasteiger partial charge in [-0.25, -0.2) is 4.63 Å². The van der Waals surface area contributed by atoms with Gasteiger partial charge in [-0.05, 0) is 19.9 Å². The Morgan fingerprint density at radius 1 is 1.24 bits per heavy atom. The first-order valence-corrected chi connectivity index (χ1v) is 6.90. The van der Waals surface area contributed by atoms with Gasteiger partial charge in [0, 0.05) is 25.8 Å². The molecule has 1 aromatic carbocycles. The molecule has 0 aliphatic rings. The molecule has 0 fully saturated rings. The van der Waals surface area contributed by atoms with Crippen LogP contribution in [0.5, 0.6) is 5.75 Å². The van der Waals surface area contributed by atoms with Crippen LogP contribution in [0, 0.1) is 13.8 Å². The molecule has 2 aromatic rings. The van der Waals surface area contributed by atoms with E-state index in [0.717, 1.165) is 30.1 Å². The van der Waals surface area contributed by atoms with E-state index >= 15 is 0 Å². The average molecular weight is 291 g/mol. The molecule has 0 saturated heterocycles. The Morgan fingerprint density at radius 2 is 2.10 bits per heavy atom. The Hall–Kier alpha value is -1.92. The first kappa shape index (κ1) is 15.5. The number of nitrogens with zero attached hydrogens (tertiary/aromatic N) is 2. The van der Waals surface area contributed by atoms with Crippen molar-refractivity contribution in [2.24, 2.45) is 0 Å². The Bertz CT molecular complexity index is 569. The number of benzene rings is 1. The fourth-order valence-corrected chi connectivity index (χ4v) is 1.91. The van der Waals surface area contributed by atoms with E-state index in [1.807, 2.05) is 19.1 Å². The zero-order valence-corrected chi connectivity index (χ0v) is 12.7. The van der Waals surface area contributed by atoms with Crippen LogP contribution >= 0.6 is 0 Å². The maximum absolute atomic E-state index is 5.84. The summed E-state index contributed by atoms with van der Waals surface area (Å²) in [5.41, 5.74) is 3.78. The third-order valence-corrected chi connectivity index (χ3v) is 3.13. The van der Waals surface area contributed by atoms with Gasteiger partial charge in [0.15, 0.2) is 0 Å². The maximum Gasteiger partial charge on any atom is 0.145 e. The van der Waals surface area contributed by atoms with E-state index in [1.54, 1.807) is 7.11 Å². The first-order valence-electron chi connectivity index (χ1n) is 6.90. The van der Waals surface area contributed by atoms with Gasteiger partial charge < -0.3 is 14.8 Å². The van der Waals surface area contributed by atoms with Gasteiger partial charge in [-0.2, -0.15) is 0 Å². The highest BCUT2D eigenvalue weighted by Crippen LogP contribution is 2.21. The summed E-state index contributed by atoms with van der Waals surface area (Å²) in [6.45, 7) is 6.48. The molecule has 21 heavy (non-hydrogen) atoms. The van der Waals surface area contributed by atoms with Crippen molar-refractivity contribution >= 4 is 0 Å². The molecule has 1 N–H and O–H groups in total. The molecule has 6 heteroatoms. The minimum absolute atomic E-state index is 0.351. The molecule has 0 amide bonds. The highest BCUT2D eigenvalue weighted by atomic mass is 16.6. The third-order valence-electron chi connectivity index (χ3n) is 3.13. The molecular formula is C15H21N3O3. The molecule has 114 valence electrons. The fourth-order valence-electron chi connectivity index (χ4n) is 1.91. The van der Waals surface area contributed by atoms with Crippen LogP contribution in [0.2, 0.25) is 0 Å². The molecule has 0 aliphatic heterocycles. The van der Waals surface area contributed by atoms with Crippen LogP contribution in [0.15, 0.2) is 22.8 Å². The minimum Gasteiger partial charge on any atom is -0.487 e. The van der Waals surface area contributed by atoms with Crippen LogP contribution in [-0.4, -0.2) is 30.6 Å². The topological polar surface area (TPSA) is 69.4 Å². The molecule has 0 aliphatic carbocycles. The van der Waals surface area contributed by atoms with E-state index in [0.29, 0.717) is 18.9 Å². The zero-order valence-electron chi connectivity index (χ0n) is 12.7. The van der Waals surface area contributed by atoms with Crippen molar-refractivity contribution in [3.05, 3.63) is 40.7 Å². The Balaban J connectivity index is 1.99. The van der Waals surface area contributed by atoms with E-state index in [9.17, 15) is 0 Å². The monoisotopic (exact) mass is 291 g/mol. The number of hydrogen-bond donors (Lipinski definition) is 1. The molecule has 0 unspecified atom stereocenters. The second-order valence-corrected chi connectivity index (χ2v) is 4.87. The molecule has 0 atom stereocenters. The molecular weight excluding hydrogens is 270 g/mol. The van der Waals surface area contributed by atoms with Crippen molar-refractivity contribution in [3.63, 3.8) is 0 Å². The quantitative estimate of drug-likeness (QED) is 0.750. The van der Waals surface area contributed by atoms with Crippen molar-refractivity contribution in [2.75, 3.05) is 20.3 Å². The van der Waals surface area contributed by atoms with Crippen LogP contribution < -0.4 is 10.1 Å². The fraction of sp³-hybridized carbons (Fsp3) is 0.467. The van der Waals surface area contributed by atoms with Crippen LogP contribution in [-0.2, 0) is 17.9 Å². The summed E-state index contributed by atoms with van der Waals surface area (Å²) >= 11 is 0. The van der Waals surface area contributed by atoms with Crippen molar-refractivity contribution in [3.8, 4) is 5.75 Å². The summed E-state index contributed by atoms with van der Waals surface area (Å²) in [4.78, 5) is 0. The largest absolute Gasteiger partial charge is 0.487 e. The average Bonchev–Trinajstić information content (AvgIpc) is 2.88. The Kier molecular flexibility index (Phi) is 5.71. The van der Waals surface area contributed by atoms with Gasteiger partial charge in [0.25, 0.3) is 0 Å². The van der Waals surface area contributed by atoms with E-state index in [4.69, 9.17) is 9.47 Å². The number of hydrogen-bond acceptors (Lipinski definition) is 6. The zero-order chi connectivity index (χ0) is 15.1. The smallest absolute Gasteiger partial charge is 0.145 e. The molecule has 0 radical (unpaired) electrons. The summed E-state index contributed by atoms with van der Waals surface area (Å²) in [7, 11) is 1.69. The second kappa shape index (κ2) is 7.75. The molecule has 2 rings (SSSR count). The minimum atomic E-state index is 0.351. The number of methoxy groups -OCH3 is 1. The lowest BCUT2D eigenvalue weighted by molar-refractivity contribution is 0.199. The van der Waals surface area contributed by atoms with Gasteiger partial charge in [-0.15, -0.1) is 0 Å². The summed E-state index contributed by atoms with van der Waals surface area (Å²) in [6, 6.07) is 6.12. The second-order valence-electron chi connectivity index (χ2n) is 4.87. The van der Waals surface area contributed by atoms with Gasteiger partial charge in [0.1, 0.15) is 23.7 Å². The van der Waals surface area contributed by atoms with Crippen LogP contribution in [0.25, 0.3) is 0 Å². The van der Waals surface area contributed by atoms with Crippen molar-refractivity contribution in [1.29, 1.82) is 0 Å². The molecule has 0 bridgehead atoms. The van der Waals surface area contributed by atoms with Gasteiger partial charge >= 0.3 is 0 Å². The lowest BCUT2D eigenvalue weighted by Crippen LogP contribution is -2.19. The Morgan fingerprint density at radius 3 is 2.81 bits per heavy atom. The highest BCUT2D eigenvalue weighted by molar-refractivity contribution is 5.37. The maximum atomic E-state index is 5.84. The summed E-state index contributed by atoms with van der Waals surface area (Å²) in [5.74, 6) is 0.841. The predicted molar refractivity (Wildman–Crippen MR) is 78.1 cm³/mol. The molecule has 0 saturated carbocycles. The van der Waals surface area contributed by atoms with Gasteiger partial charge in [0.05, 0.1) is 6.61 Å². The number of rotatable bonds is 8. The van der Waals surface area contributed by atoms with E-state index < -0.39 is 0 Å². The van der Waals surface area contributed by atoms with E-state index in [1.165, 1.54) is 5.56 Å². The number of aryl methyl sites for hydroxylation is 2. The predicted octanol–water partition coefficient (Wildman–Crippen LogP) is 2.00. The number of ether oxygens (including phenoxy) is 2. The molecule has 6 nitrogen and oxygen atoms in total. The first-order chi connectivity index (χ1) is 10.2. The van der Waals surface area contributed by atoms with Crippen LogP contribution in [0.3, 0.4) is 0 Å². The highest BCUT2D eigenvalue weighted by Gasteiger charge is 2.09. The lowest BCUT2D eigenvalue weighted by atomic mass is 10.1. The van der Waals surface area contributed by atoms with Crippen molar-refractivity contribution in [2.45, 2.75) is 27.0 Å². The van der Waals surface area contributed by atoms with Gasteiger partial charge in [-0.1, -0.05) is 28.0 Å². The van der Waals surface area contributed by atoms with E-state index in [-0.39, 0.29) is 0 Å². The number of aromatic nitrogens is 2. The SMILES string of the molecule is COCCNCc1cc(C)ccc1OCc1nonc1C. The molecule has 1 heterocycles. The van der Waals surface area contributed by atoms with Crippen LogP contribution in [0.4, 0.5) is 0 Å². The Labute approximate surface area is 124 Å². The summed E-state index contributed by atoms with van der Waals surface area (Å²) in [5, 5.41) is 10.9. The normalized spacial score (nSPS) is 10.8. The van der Waals surface area contributed by atoms with Crippen LogP contribution in [0.1, 0.15) is 22.5 Å². The lowest BCUT2D eigenvalue weighted by Gasteiger charge is -2.12. The number of nitrogens with one attached hydrogen (secondary N) is 1. The van der Waals surface area contributed by atoms with Gasteiger partial charge in [0.2, 0.25) is 0 Å². The van der Waals surface area contributed by atoms with Crippen molar-refractivity contribution in [1.82, 2.24) is 15.6 Å². The molecule has 1 aromatic heterocycles. The standard InChI is InChI=1S/C15H21N3O3/c1-11-4-5-15(13(8-11)9-16-6-7-19-3)20-10-14-12(2)17-21-18-14/h4-5,8,16H,6-7,9-10H2,1-3H3. The van der Waals surface area contributed by atoms with Gasteiger partial charge in [-0.3, -0.25) is 0 Å². The van der Waals surface area contributed by atoms with E-state index in [2.05, 4.69) is 33.2 Å². The summed E-state index contributed by atoms with van der Waals surface area (Å²) < 4.78 is 15.5.